The molecule has 5 nitrogen and oxygen atoms in total. The normalized spacial score (nSPS) is 12.4. The number of hydrogen-bond donors (Lipinski definition) is 2. The van der Waals surface area contributed by atoms with Crippen molar-refractivity contribution >= 4 is 29.2 Å². The van der Waals surface area contributed by atoms with Gasteiger partial charge in [0.1, 0.15) is 11.6 Å². The zero-order valence-electron chi connectivity index (χ0n) is 11.7. The molecule has 118 valence electrons. The van der Waals surface area contributed by atoms with Crippen molar-refractivity contribution in [2.45, 2.75) is 0 Å². The highest BCUT2D eigenvalue weighted by molar-refractivity contribution is 7.80. The second kappa shape index (κ2) is 6.57. The molecule has 0 atom stereocenters. The highest BCUT2D eigenvalue weighted by atomic mass is 32.1. The Balaban J connectivity index is 1.58. The highest BCUT2D eigenvalue weighted by Gasteiger charge is 2.12. The van der Waals surface area contributed by atoms with Gasteiger partial charge in [-0.1, -0.05) is 0 Å². The third-order valence-corrected chi connectivity index (χ3v) is 3.15. The van der Waals surface area contributed by atoms with Crippen LogP contribution in [0.3, 0.4) is 0 Å². The molecule has 8 heteroatoms. The summed E-state index contributed by atoms with van der Waals surface area (Å²) in [6, 6.07) is 8.48. The summed E-state index contributed by atoms with van der Waals surface area (Å²) < 4.78 is 36.7. The Bertz CT molecular complexity index is 783. The van der Waals surface area contributed by atoms with Gasteiger partial charge in [-0.05, 0) is 48.1 Å². The van der Waals surface area contributed by atoms with Crippen LogP contribution in [0.2, 0.25) is 0 Å². The third kappa shape index (κ3) is 3.72. The van der Waals surface area contributed by atoms with E-state index in [4.69, 9.17) is 21.7 Å². The summed E-state index contributed by atoms with van der Waals surface area (Å²) in [5.74, 6) is -0.0798. The molecule has 0 spiro atoms. The van der Waals surface area contributed by atoms with Crippen LogP contribution in [0.15, 0.2) is 41.5 Å². The van der Waals surface area contributed by atoms with Gasteiger partial charge in [0.15, 0.2) is 16.6 Å². The van der Waals surface area contributed by atoms with Gasteiger partial charge in [-0.3, -0.25) is 5.43 Å². The first kappa shape index (κ1) is 15.2. The van der Waals surface area contributed by atoms with E-state index in [2.05, 4.69) is 15.8 Å². The maximum Gasteiger partial charge on any atom is 0.231 e. The first-order valence-electron chi connectivity index (χ1n) is 6.56. The van der Waals surface area contributed by atoms with Gasteiger partial charge in [0.2, 0.25) is 6.79 Å². The Morgan fingerprint density at radius 1 is 1.13 bits per heavy atom. The Hall–Kier alpha value is -2.74. The number of benzene rings is 2. The smallest absolute Gasteiger partial charge is 0.231 e. The molecule has 3 rings (SSSR count). The first-order valence-corrected chi connectivity index (χ1v) is 6.97. The number of anilines is 1. The molecule has 0 saturated heterocycles. The number of halogens is 2. The van der Waals surface area contributed by atoms with E-state index in [9.17, 15) is 8.78 Å². The molecular formula is C15H11F2N3O2S. The Morgan fingerprint density at radius 3 is 2.78 bits per heavy atom. The maximum absolute atomic E-state index is 13.5. The number of fused-ring (bicyclic) bond motifs is 1. The number of nitrogens with one attached hydrogen (secondary N) is 2. The van der Waals surface area contributed by atoms with Crippen LogP contribution >= 0.6 is 12.2 Å². The summed E-state index contributed by atoms with van der Waals surface area (Å²) in [6.07, 6.45) is 1.52. The van der Waals surface area contributed by atoms with Crippen LogP contribution in [-0.2, 0) is 0 Å². The zero-order chi connectivity index (χ0) is 16.2. The quantitative estimate of drug-likeness (QED) is 0.513. The fourth-order valence-corrected chi connectivity index (χ4v) is 2.06. The Kier molecular flexibility index (Phi) is 4.33. The molecule has 1 aliphatic heterocycles. The fraction of sp³-hybridized carbons (Fsp3) is 0.0667. The van der Waals surface area contributed by atoms with Crippen molar-refractivity contribution in [1.29, 1.82) is 0 Å². The molecule has 0 saturated carbocycles. The molecular weight excluding hydrogens is 324 g/mol. The van der Waals surface area contributed by atoms with Crippen molar-refractivity contribution in [2.24, 2.45) is 5.10 Å². The summed E-state index contributed by atoms with van der Waals surface area (Å²) in [7, 11) is 0. The standard InChI is InChI=1S/C15H11F2N3O2S/c16-10-2-3-12(11(17)6-10)19-15(23)20-18-7-9-1-4-13-14(5-9)22-8-21-13/h1-7H,8H2,(H2,19,20,23). The number of ether oxygens (including phenoxy) is 2. The minimum Gasteiger partial charge on any atom is -0.454 e. The lowest BCUT2D eigenvalue weighted by molar-refractivity contribution is 0.174. The molecule has 0 unspecified atom stereocenters. The molecule has 0 aromatic heterocycles. The van der Waals surface area contributed by atoms with Gasteiger partial charge >= 0.3 is 0 Å². The van der Waals surface area contributed by atoms with Crippen LogP contribution in [0.4, 0.5) is 14.5 Å². The number of thiocarbonyl (C=S) groups is 1. The van der Waals surface area contributed by atoms with Gasteiger partial charge in [0.05, 0.1) is 11.9 Å². The molecule has 2 aromatic rings. The van der Waals surface area contributed by atoms with Gasteiger partial charge in [0, 0.05) is 6.07 Å². The topological polar surface area (TPSA) is 54.9 Å². The lowest BCUT2D eigenvalue weighted by Crippen LogP contribution is -2.24. The summed E-state index contributed by atoms with van der Waals surface area (Å²) >= 11 is 4.98. The highest BCUT2D eigenvalue weighted by Crippen LogP contribution is 2.31. The van der Waals surface area contributed by atoms with Crippen LogP contribution in [0.25, 0.3) is 0 Å². The van der Waals surface area contributed by atoms with E-state index in [-0.39, 0.29) is 17.6 Å². The first-order chi connectivity index (χ1) is 11.1. The summed E-state index contributed by atoms with van der Waals surface area (Å²) in [6.45, 7) is 0.200. The van der Waals surface area contributed by atoms with Crippen molar-refractivity contribution in [3.63, 3.8) is 0 Å². The van der Waals surface area contributed by atoms with Crippen molar-refractivity contribution in [3.05, 3.63) is 53.6 Å². The van der Waals surface area contributed by atoms with Crippen molar-refractivity contribution in [2.75, 3.05) is 12.1 Å². The van der Waals surface area contributed by atoms with E-state index >= 15 is 0 Å². The van der Waals surface area contributed by atoms with Crippen LogP contribution in [0.1, 0.15) is 5.56 Å². The number of nitrogens with zero attached hydrogens (tertiary/aromatic N) is 1. The Labute approximate surface area is 135 Å². The molecule has 0 amide bonds. The second-order valence-electron chi connectivity index (χ2n) is 4.56. The molecule has 0 radical (unpaired) electrons. The van der Waals surface area contributed by atoms with E-state index in [1.54, 1.807) is 18.2 Å². The van der Waals surface area contributed by atoms with E-state index < -0.39 is 11.6 Å². The van der Waals surface area contributed by atoms with Crippen molar-refractivity contribution in [1.82, 2.24) is 5.43 Å². The van der Waals surface area contributed by atoms with Crippen molar-refractivity contribution in [3.8, 4) is 11.5 Å². The van der Waals surface area contributed by atoms with Crippen LogP contribution in [0, 0.1) is 11.6 Å². The average Bonchev–Trinajstić information content (AvgIpc) is 2.98. The lowest BCUT2D eigenvalue weighted by atomic mass is 10.2. The third-order valence-electron chi connectivity index (χ3n) is 2.96. The van der Waals surface area contributed by atoms with Gasteiger partial charge in [-0.25, -0.2) is 8.78 Å². The summed E-state index contributed by atoms with van der Waals surface area (Å²) in [5.41, 5.74) is 3.38. The van der Waals surface area contributed by atoms with Crippen LogP contribution in [-0.4, -0.2) is 18.1 Å². The molecule has 0 bridgehead atoms. The van der Waals surface area contributed by atoms with Crippen LogP contribution < -0.4 is 20.2 Å². The zero-order valence-corrected chi connectivity index (χ0v) is 12.5. The molecule has 0 aliphatic carbocycles. The van der Waals surface area contributed by atoms with Crippen molar-refractivity contribution < 1.29 is 18.3 Å². The average molecular weight is 335 g/mol. The van der Waals surface area contributed by atoms with Gasteiger partial charge in [-0.15, -0.1) is 0 Å². The number of hydrogen-bond acceptors (Lipinski definition) is 4. The second-order valence-corrected chi connectivity index (χ2v) is 4.97. The maximum atomic E-state index is 13.5. The molecule has 2 aromatic carbocycles. The molecule has 0 fully saturated rings. The molecule has 23 heavy (non-hydrogen) atoms. The monoisotopic (exact) mass is 335 g/mol. The van der Waals surface area contributed by atoms with Gasteiger partial charge in [0.25, 0.3) is 0 Å². The van der Waals surface area contributed by atoms with Crippen LogP contribution in [0.5, 0.6) is 11.5 Å². The van der Waals surface area contributed by atoms with E-state index in [1.165, 1.54) is 12.3 Å². The minimum absolute atomic E-state index is 0.0576. The lowest BCUT2D eigenvalue weighted by Gasteiger charge is -2.07. The van der Waals surface area contributed by atoms with E-state index in [1.807, 2.05) is 0 Å². The van der Waals surface area contributed by atoms with Gasteiger partial charge in [-0.2, -0.15) is 5.10 Å². The Morgan fingerprint density at radius 2 is 1.96 bits per heavy atom. The minimum atomic E-state index is -0.742. The number of rotatable bonds is 3. The molecule has 1 aliphatic rings. The molecule has 2 N–H and O–H groups in total. The fourth-order valence-electron chi connectivity index (χ4n) is 1.90. The van der Waals surface area contributed by atoms with E-state index in [0.29, 0.717) is 11.5 Å². The summed E-state index contributed by atoms with van der Waals surface area (Å²) in [4.78, 5) is 0. The summed E-state index contributed by atoms with van der Waals surface area (Å²) in [5, 5.41) is 6.60. The molecule has 1 heterocycles. The predicted molar refractivity (Wildman–Crippen MR) is 85.9 cm³/mol. The predicted octanol–water partition coefficient (Wildman–Crippen LogP) is 3.01. The van der Waals surface area contributed by atoms with E-state index in [0.717, 1.165) is 17.7 Å². The largest absolute Gasteiger partial charge is 0.454 e. The number of hydrazone groups is 1. The SMILES string of the molecule is Fc1ccc(NC(=S)NN=Cc2ccc3c(c2)OCO3)c(F)c1. The van der Waals surface area contributed by atoms with Gasteiger partial charge < -0.3 is 14.8 Å².